The first kappa shape index (κ1) is 15.0. The fourth-order valence-corrected chi connectivity index (χ4v) is 3.58. The Morgan fingerprint density at radius 1 is 1.18 bits per heavy atom. The van der Waals surface area contributed by atoms with Gasteiger partial charge in [-0.05, 0) is 35.7 Å². The van der Waals surface area contributed by atoms with Gasteiger partial charge in [-0.2, -0.15) is 0 Å². The molecule has 0 fully saturated rings. The molecule has 2 heterocycles. The van der Waals surface area contributed by atoms with E-state index < -0.39 is 0 Å². The number of nitrogens with one attached hydrogen (secondary N) is 1. The SMILES string of the molecule is OCCOc1ccc(NCc2cnc(-c3cccs3)s2)cc1. The molecule has 0 atom stereocenters. The van der Waals surface area contributed by atoms with Crippen LogP contribution in [-0.4, -0.2) is 23.3 Å². The number of nitrogens with zero attached hydrogens (tertiary/aromatic N) is 1. The Morgan fingerprint density at radius 2 is 2.05 bits per heavy atom. The second-order valence-corrected chi connectivity index (χ2v) is 6.62. The van der Waals surface area contributed by atoms with Gasteiger partial charge in [-0.3, -0.25) is 0 Å². The van der Waals surface area contributed by atoms with Crippen molar-refractivity contribution in [3.63, 3.8) is 0 Å². The lowest BCUT2D eigenvalue weighted by molar-refractivity contribution is 0.201. The standard InChI is InChI=1S/C16H16N2O2S2/c19-7-8-20-13-5-3-12(4-6-13)17-10-14-11-18-16(22-14)15-2-1-9-21-15/h1-6,9,11,17,19H,7-8,10H2. The fraction of sp³-hybridized carbons (Fsp3) is 0.188. The quantitative estimate of drug-likeness (QED) is 0.690. The summed E-state index contributed by atoms with van der Waals surface area (Å²) in [7, 11) is 0. The highest BCUT2D eigenvalue weighted by Crippen LogP contribution is 2.29. The Balaban J connectivity index is 1.56. The van der Waals surface area contributed by atoms with E-state index in [1.54, 1.807) is 22.7 Å². The molecule has 0 aliphatic heterocycles. The predicted octanol–water partition coefficient (Wildman–Crippen LogP) is 3.85. The molecular formula is C16H16N2O2S2. The van der Waals surface area contributed by atoms with Gasteiger partial charge in [0.25, 0.3) is 0 Å². The lowest BCUT2D eigenvalue weighted by atomic mass is 10.3. The molecule has 6 heteroatoms. The van der Waals surface area contributed by atoms with Gasteiger partial charge in [0.2, 0.25) is 0 Å². The van der Waals surface area contributed by atoms with Crippen LogP contribution in [0.4, 0.5) is 5.69 Å². The second kappa shape index (κ2) is 7.40. The molecule has 0 unspecified atom stereocenters. The molecule has 0 aliphatic rings. The smallest absolute Gasteiger partial charge is 0.133 e. The fourth-order valence-electron chi connectivity index (χ4n) is 1.93. The highest BCUT2D eigenvalue weighted by Gasteiger charge is 2.05. The van der Waals surface area contributed by atoms with Gasteiger partial charge in [-0.25, -0.2) is 4.98 Å². The number of hydrogen-bond acceptors (Lipinski definition) is 6. The number of ether oxygens (including phenoxy) is 1. The summed E-state index contributed by atoms with van der Waals surface area (Å²) < 4.78 is 5.33. The maximum atomic E-state index is 8.72. The normalized spacial score (nSPS) is 10.6. The van der Waals surface area contributed by atoms with Crippen LogP contribution in [0.2, 0.25) is 0 Å². The van der Waals surface area contributed by atoms with Crippen LogP contribution in [0.1, 0.15) is 4.88 Å². The van der Waals surface area contributed by atoms with Crippen LogP contribution < -0.4 is 10.1 Å². The van der Waals surface area contributed by atoms with Crippen LogP contribution in [0.15, 0.2) is 48.0 Å². The minimum atomic E-state index is 0.0257. The molecule has 0 amide bonds. The molecule has 22 heavy (non-hydrogen) atoms. The zero-order valence-electron chi connectivity index (χ0n) is 11.9. The van der Waals surface area contributed by atoms with Crippen molar-refractivity contribution in [1.82, 2.24) is 4.98 Å². The van der Waals surface area contributed by atoms with Gasteiger partial charge < -0.3 is 15.2 Å². The van der Waals surface area contributed by atoms with E-state index in [4.69, 9.17) is 9.84 Å². The Hall–Kier alpha value is -1.89. The first-order valence-corrected chi connectivity index (χ1v) is 8.61. The van der Waals surface area contributed by atoms with Gasteiger partial charge in [0.15, 0.2) is 0 Å². The third-order valence-electron chi connectivity index (χ3n) is 2.97. The van der Waals surface area contributed by atoms with E-state index >= 15 is 0 Å². The number of rotatable bonds is 7. The predicted molar refractivity (Wildman–Crippen MR) is 91.8 cm³/mol. The minimum absolute atomic E-state index is 0.0257. The summed E-state index contributed by atoms with van der Waals surface area (Å²) in [5.74, 6) is 0.761. The molecule has 2 aromatic heterocycles. The molecule has 1 aromatic carbocycles. The summed E-state index contributed by atoms with van der Waals surface area (Å²) >= 11 is 3.42. The van der Waals surface area contributed by atoms with Gasteiger partial charge in [0.05, 0.1) is 18.0 Å². The van der Waals surface area contributed by atoms with Crippen LogP contribution >= 0.6 is 22.7 Å². The van der Waals surface area contributed by atoms with E-state index in [-0.39, 0.29) is 6.61 Å². The van der Waals surface area contributed by atoms with Gasteiger partial charge >= 0.3 is 0 Å². The van der Waals surface area contributed by atoms with Crippen molar-refractivity contribution >= 4 is 28.4 Å². The molecule has 0 spiro atoms. The van der Waals surface area contributed by atoms with Crippen molar-refractivity contribution in [2.24, 2.45) is 0 Å². The van der Waals surface area contributed by atoms with Crippen LogP contribution in [-0.2, 0) is 6.54 Å². The summed E-state index contributed by atoms with van der Waals surface area (Å²) in [6.07, 6.45) is 1.92. The number of hydrogen-bond donors (Lipinski definition) is 2. The van der Waals surface area contributed by atoms with Crippen LogP contribution in [0.25, 0.3) is 9.88 Å². The molecule has 3 rings (SSSR count). The number of thiazole rings is 1. The van der Waals surface area contributed by atoms with E-state index in [0.717, 1.165) is 23.0 Å². The van der Waals surface area contributed by atoms with Crippen molar-refractivity contribution in [2.45, 2.75) is 6.54 Å². The number of aliphatic hydroxyl groups excluding tert-OH is 1. The van der Waals surface area contributed by atoms with E-state index in [0.29, 0.717) is 6.61 Å². The minimum Gasteiger partial charge on any atom is -0.491 e. The molecule has 0 radical (unpaired) electrons. The zero-order valence-corrected chi connectivity index (χ0v) is 13.5. The largest absolute Gasteiger partial charge is 0.491 e. The average molecular weight is 332 g/mol. The van der Waals surface area contributed by atoms with Crippen molar-refractivity contribution in [3.05, 3.63) is 52.9 Å². The Labute approximate surface area is 137 Å². The molecule has 2 N–H and O–H groups in total. The Kier molecular flexibility index (Phi) is 5.05. The maximum Gasteiger partial charge on any atom is 0.133 e. The molecule has 4 nitrogen and oxygen atoms in total. The molecule has 0 aliphatic carbocycles. The lowest BCUT2D eigenvalue weighted by Gasteiger charge is -2.07. The summed E-state index contributed by atoms with van der Waals surface area (Å²) in [6.45, 7) is 1.09. The third kappa shape index (κ3) is 3.85. The Bertz CT molecular complexity index is 693. The molecule has 0 bridgehead atoms. The first-order valence-electron chi connectivity index (χ1n) is 6.91. The van der Waals surface area contributed by atoms with Crippen molar-refractivity contribution in [3.8, 4) is 15.6 Å². The highest BCUT2D eigenvalue weighted by atomic mass is 32.1. The van der Waals surface area contributed by atoms with Crippen LogP contribution in [0, 0.1) is 0 Å². The van der Waals surface area contributed by atoms with Gasteiger partial charge in [-0.15, -0.1) is 22.7 Å². The van der Waals surface area contributed by atoms with E-state index in [1.807, 2.05) is 36.5 Å². The van der Waals surface area contributed by atoms with E-state index in [1.165, 1.54) is 9.75 Å². The number of benzene rings is 1. The van der Waals surface area contributed by atoms with Crippen LogP contribution in [0.5, 0.6) is 5.75 Å². The third-order valence-corrected chi connectivity index (χ3v) is 5.00. The van der Waals surface area contributed by atoms with Crippen molar-refractivity contribution in [2.75, 3.05) is 18.5 Å². The van der Waals surface area contributed by atoms with E-state index in [2.05, 4.69) is 21.7 Å². The number of aliphatic hydroxyl groups is 1. The molecule has 114 valence electrons. The lowest BCUT2D eigenvalue weighted by Crippen LogP contribution is -2.02. The Morgan fingerprint density at radius 3 is 2.77 bits per heavy atom. The number of thiophene rings is 1. The van der Waals surface area contributed by atoms with E-state index in [9.17, 15) is 0 Å². The van der Waals surface area contributed by atoms with Crippen molar-refractivity contribution < 1.29 is 9.84 Å². The molecular weight excluding hydrogens is 316 g/mol. The summed E-state index contributed by atoms with van der Waals surface area (Å²) in [5.41, 5.74) is 1.03. The first-order chi connectivity index (χ1) is 10.8. The summed E-state index contributed by atoms with van der Waals surface area (Å²) in [6, 6.07) is 11.8. The monoisotopic (exact) mass is 332 g/mol. The average Bonchev–Trinajstić information content (AvgIpc) is 3.23. The summed E-state index contributed by atoms with van der Waals surface area (Å²) in [5, 5.41) is 15.2. The number of anilines is 1. The van der Waals surface area contributed by atoms with Gasteiger partial charge in [-0.1, -0.05) is 6.07 Å². The second-order valence-electron chi connectivity index (χ2n) is 4.56. The van der Waals surface area contributed by atoms with Crippen molar-refractivity contribution in [1.29, 1.82) is 0 Å². The molecule has 3 aromatic rings. The molecule has 0 saturated heterocycles. The summed E-state index contributed by atoms with van der Waals surface area (Å²) in [4.78, 5) is 6.87. The van der Waals surface area contributed by atoms with Crippen LogP contribution in [0.3, 0.4) is 0 Å². The van der Waals surface area contributed by atoms with Gasteiger partial charge in [0, 0.05) is 16.8 Å². The maximum absolute atomic E-state index is 8.72. The highest BCUT2D eigenvalue weighted by molar-refractivity contribution is 7.20. The number of aromatic nitrogens is 1. The molecule has 0 saturated carbocycles. The topological polar surface area (TPSA) is 54.4 Å². The zero-order chi connectivity index (χ0) is 15.2. The van der Waals surface area contributed by atoms with Gasteiger partial charge in [0.1, 0.15) is 17.4 Å².